The summed E-state index contributed by atoms with van der Waals surface area (Å²) in [5.41, 5.74) is 2.79. The summed E-state index contributed by atoms with van der Waals surface area (Å²) in [5, 5.41) is 13.4. The predicted molar refractivity (Wildman–Crippen MR) is 73.3 cm³/mol. The van der Waals surface area contributed by atoms with Crippen molar-refractivity contribution in [1.82, 2.24) is 14.7 Å². The van der Waals surface area contributed by atoms with Gasteiger partial charge in [0, 0.05) is 30.9 Å². The number of carboxylic acids is 1. The average molecular weight is 279 g/mol. The maximum absolute atomic E-state index is 12.4. The number of aromatic nitrogens is 2. The topological polar surface area (TPSA) is 75.4 Å². The van der Waals surface area contributed by atoms with Crippen LogP contribution in [0.15, 0.2) is 0 Å². The van der Waals surface area contributed by atoms with Crippen molar-refractivity contribution in [3.8, 4) is 0 Å². The van der Waals surface area contributed by atoms with Crippen molar-refractivity contribution >= 4 is 11.9 Å². The first kappa shape index (κ1) is 14.6. The number of hydrogen-bond donors (Lipinski definition) is 1. The number of likely N-dealkylation sites (tertiary alicyclic amines) is 1. The van der Waals surface area contributed by atoms with Gasteiger partial charge in [0.05, 0.1) is 18.0 Å². The standard InChI is InChI=1S/C14H21N3O3/c1-8-12(9(2)16(4)15-8)7-13(18)17-6-5-11(10(17)3)14(19)20/h10-11H,5-7H2,1-4H3,(H,19,20). The number of carboxylic acid groups (broad SMARTS) is 1. The van der Waals surface area contributed by atoms with Crippen molar-refractivity contribution in [3.63, 3.8) is 0 Å². The fraction of sp³-hybridized carbons (Fsp3) is 0.643. The van der Waals surface area contributed by atoms with E-state index < -0.39 is 11.9 Å². The molecular weight excluding hydrogens is 258 g/mol. The summed E-state index contributed by atoms with van der Waals surface area (Å²) in [7, 11) is 1.86. The van der Waals surface area contributed by atoms with E-state index in [0.717, 1.165) is 17.0 Å². The zero-order chi connectivity index (χ0) is 15.0. The molecule has 1 saturated heterocycles. The second-order valence-corrected chi connectivity index (χ2v) is 5.51. The van der Waals surface area contributed by atoms with Gasteiger partial charge >= 0.3 is 5.97 Å². The number of aliphatic carboxylic acids is 1. The lowest BCUT2D eigenvalue weighted by molar-refractivity contribution is -0.143. The third kappa shape index (κ3) is 2.42. The fourth-order valence-corrected chi connectivity index (χ4v) is 2.95. The van der Waals surface area contributed by atoms with E-state index in [4.69, 9.17) is 5.11 Å². The lowest BCUT2D eigenvalue weighted by Gasteiger charge is -2.23. The molecule has 2 atom stereocenters. The second kappa shape index (κ2) is 5.26. The van der Waals surface area contributed by atoms with Crippen molar-refractivity contribution in [2.75, 3.05) is 6.54 Å². The van der Waals surface area contributed by atoms with Gasteiger partial charge in [-0.15, -0.1) is 0 Å². The van der Waals surface area contributed by atoms with Gasteiger partial charge in [-0.1, -0.05) is 0 Å². The molecule has 0 bridgehead atoms. The van der Waals surface area contributed by atoms with Crippen molar-refractivity contribution in [2.45, 2.75) is 39.7 Å². The van der Waals surface area contributed by atoms with E-state index >= 15 is 0 Å². The van der Waals surface area contributed by atoms with E-state index in [0.29, 0.717) is 19.4 Å². The van der Waals surface area contributed by atoms with Crippen LogP contribution in [0.5, 0.6) is 0 Å². The third-order valence-electron chi connectivity index (χ3n) is 4.38. The van der Waals surface area contributed by atoms with Crippen LogP contribution in [0.25, 0.3) is 0 Å². The summed E-state index contributed by atoms with van der Waals surface area (Å²) in [6.07, 6.45) is 0.829. The molecular formula is C14H21N3O3. The predicted octanol–water partition coefficient (Wildman–Crippen LogP) is 0.901. The molecule has 1 amide bonds. The Morgan fingerprint density at radius 2 is 2.05 bits per heavy atom. The molecule has 0 aromatic carbocycles. The van der Waals surface area contributed by atoms with Gasteiger partial charge in [-0.2, -0.15) is 5.10 Å². The van der Waals surface area contributed by atoms with Crippen LogP contribution in [-0.2, 0) is 23.1 Å². The summed E-state index contributed by atoms with van der Waals surface area (Å²) < 4.78 is 1.77. The van der Waals surface area contributed by atoms with Crippen molar-refractivity contribution in [2.24, 2.45) is 13.0 Å². The minimum absolute atomic E-state index is 0.0135. The SMILES string of the molecule is Cc1nn(C)c(C)c1CC(=O)N1CCC(C(=O)O)C1C. The Kier molecular flexibility index (Phi) is 3.83. The minimum atomic E-state index is -0.818. The van der Waals surface area contributed by atoms with Crippen LogP contribution in [-0.4, -0.2) is 44.3 Å². The largest absolute Gasteiger partial charge is 0.481 e. The number of nitrogens with zero attached hydrogens (tertiary/aromatic N) is 3. The van der Waals surface area contributed by atoms with Crippen LogP contribution in [0, 0.1) is 19.8 Å². The zero-order valence-electron chi connectivity index (χ0n) is 12.4. The molecule has 6 nitrogen and oxygen atoms in total. The van der Waals surface area contributed by atoms with E-state index in [-0.39, 0.29) is 11.9 Å². The van der Waals surface area contributed by atoms with Gasteiger partial charge in [-0.05, 0) is 27.2 Å². The molecule has 0 spiro atoms. The lowest BCUT2D eigenvalue weighted by atomic mass is 10.0. The molecule has 1 fully saturated rings. The molecule has 20 heavy (non-hydrogen) atoms. The van der Waals surface area contributed by atoms with Crippen LogP contribution in [0.1, 0.15) is 30.3 Å². The molecule has 0 aliphatic carbocycles. The summed E-state index contributed by atoms with van der Waals surface area (Å²) >= 11 is 0. The first-order chi connectivity index (χ1) is 9.32. The van der Waals surface area contributed by atoms with Crippen LogP contribution < -0.4 is 0 Å². The van der Waals surface area contributed by atoms with E-state index in [1.165, 1.54) is 0 Å². The Morgan fingerprint density at radius 1 is 1.40 bits per heavy atom. The Bertz CT molecular complexity index is 550. The second-order valence-electron chi connectivity index (χ2n) is 5.51. The van der Waals surface area contributed by atoms with Crippen LogP contribution >= 0.6 is 0 Å². The normalized spacial score (nSPS) is 22.3. The van der Waals surface area contributed by atoms with E-state index in [1.807, 2.05) is 27.8 Å². The van der Waals surface area contributed by atoms with Crippen LogP contribution in [0.3, 0.4) is 0 Å². The van der Waals surface area contributed by atoms with Gasteiger partial charge in [0.25, 0.3) is 0 Å². The Labute approximate surface area is 118 Å². The van der Waals surface area contributed by atoms with E-state index in [1.54, 1.807) is 9.58 Å². The maximum Gasteiger partial charge on any atom is 0.308 e. The van der Waals surface area contributed by atoms with Gasteiger partial charge in [-0.3, -0.25) is 14.3 Å². The monoisotopic (exact) mass is 279 g/mol. The third-order valence-corrected chi connectivity index (χ3v) is 4.38. The van der Waals surface area contributed by atoms with Gasteiger partial charge in [0.15, 0.2) is 0 Å². The molecule has 1 aromatic heterocycles. The highest BCUT2D eigenvalue weighted by molar-refractivity contribution is 5.81. The number of hydrogen-bond acceptors (Lipinski definition) is 3. The molecule has 0 saturated carbocycles. The molecule has 1 aliphatic heterocycles. The van der Waals surface area contributed by atoms with Crippen molar-refractivity contribution in [1.29, 1.82) is 0 Å². The molecule has 110 valence electrons. The molecule has 2 unspecified atom stereocenters. The van der Waals surface area contributed by atoms with Crippen LogP contribution in [0.2, 0.25) is 0 Å². The maximum atomic E-state index is 12.4. The lowest BCUT2D eigenvalue weighted by Crippen LogP contribution is -2.38. The summed E-state index contributed by atoms with van der Waals surface area (Å²) in [5.74, 6) is -1.28. The Balaban J connectivity index is 2.12. The van der Waals surface area contributed by atoms with Gasteiger partial charge in [-0.25, -0.2) is 0 Å². The average Bonchev–Trinajstić information content (AvgIpc) is 2.85. The first-order valence-corrected chi connectivity index (χ1v) is 6.84. The first-order valence-electron chi connectivity index (χ1n) is 6.84. The summed E-state index contributed by atoms with van der Waals surface area (Å²) in [4.78, 5) is 25.2. The minimum Gasteiger partial charge on any atom is -0.481 e. The fourth-order valence-electron chi connectivity index (χ4n) is 2.95. The number of amides is 1. The smallest absolute Gasteiger partial charge is 0.308 e. The zero-order valence-corrected chi connectivity index (χ0v) is 12.4. The number of carbonyl (C=O) groups is 2. The number of carbonyl (C=O) groups excluding carboxylic acids is 1. The van der Waals surface area contributed by atoms with Gasteiger partial charge in [0.1, 0.15) is 0 Å². The molecule has 1 aliphatic rings. The molecule has 6 heteroatoms. The molecule has 0 radical (unpaired) electrons. The molecule has 1 N–H and O–H groups in total. The molecule has 1 aromatic rings. The van der Waals surface area contributed by atoms with Crippen molar-refractivity contribution < 1.29 is 14.7 Å². The van der Waals surface area contributed by atoms with Gasteiger partial charge in [0.2, 0.25) is 5.91 Å². The Morgan fingerprint density at radius 3 is 2.50 bits per heavy atom. The van der Waals surface area contributed by atoms with E-state index in [2.05, 4.69) is 5.10 Å². The van der Waals surface area contributed by atoms with E-state index in [9.17, 15) is 9.59 Å². The number of rotatable bonds is 3. The number of aryl methyl sites for hydroxylation is 2. The summed E-state index contributed by atoms with van der Waals surface area (Å²) in [6, 6.07) is -0.239. The quantitative estimate of drug-likeness (QED) is 0.892. The summed E-state index contributed by atoms with van der Waals surface area (Å²) in [6.45, 7) is 6.17. The van der Waals surface area contributed by atoms with Gasteiger partial charge < -0.3 is 10.0 Å². The van der Waals surface area contributed by atoms with Crippen molar-refractivity contribution in [3.05, 3.63) is 17.0 Å². The Hall–Kier alpha value is -1.85. The molecule has 2 heterocycles. The van der Waals surface area contributed by atoms with Crippen LogP contribution in [0.4, 0.5) is 0 Å². The highest BCUT2D eigenvalue weighted by atomic mass is 16.4. The molecule has 2 rings (SSSR count). The highest BCUT2D eigenvalue weighted by Crippen LogP contribution is 2.25. The highest BCUT2D eigenvalue weighted by Gasteiger charge is 2.38.